The van der Waals surface area contributed by atoms with Crippen LogP contribution in [0.3, 0.4) is 0 Å². The fraction of sp³-hybridized carbons (Fsp3) is 0.650. The van der Waals surface area contributed by atoms with E-state index < -0.39 is 6.03 Å². The molecule has 0 aromatic carbocycles. The minimum Gasteiger partial charge on any atom is -0.356 e. The number of hydrogen-bond acceptors (Lipinski definition) is 4. The zero-order valence-electron chi connectivity index (χ0n) is 16.2. The van der Waals surface area contributed by atoms with Crippen LogP contribution < -0.4 is 16.0 Å². The highest BCUT2D eigenvalue weighted by molar-refractivity contribution is 5.80. The Labute approximate surface area is 161 Å². The van der Waals surface area contributed by atoms with Gasteiger partial charge in [0, 0.05) is 44.5 Å². The molecule has 7 nitrogen and oxygen atoms in total. The predicted octanol–water partition coefficient (Wildman–Crippen LogP) is 2.26. The number of amides is 3. The summed E-state index contributed by atoms with van der Waals surface area (Å²) in [5, 5.41) is 3.04. The number of likely N-dealkylation sites (tertiary alicyclic amines) is 1. The molecule has 2 fully saturated rings. The number of carbonyl (C=O) groups excluding carboxylic acids is 2. The van der Waals surface area contributed by atoms with Crippen molar-refractivity contribution >= 4 is 17.8 Å². The van der Waals surface area contributed by atoms with Gasteiger partial charge in [-0.3, -0.25) is 4.79 Å². The monoisotopic (exact) mass is 373 g/mol. The summed E-state index contributed by atoms with van der Waals surface area (Å²) in [5.41, 5.74) is 6.39. The number of aromatic nitrogens is 1. The first-order chi connectivity index (χ1) is 13.1. The van der Waals surface area contributed by atoms with Gasteiger partial charge >= 0.3 is 6.03 Å². The van der Waals surface area contributed by atoms with Crippen LogP contribution in [0.1, 0.15) is 50.5 Å². The summed E-state index contributed by atoms with van der Waals surface area (Å²) in [7, 11) is 2.11. The molecule has 2 heterocycles. The van der Waals surface area contributed by atoms with Crippen LogP contribution >= 0.6 is 0 Å². The van der Waals surface area contributed by atoms with E-state index in [1.54, 1.807) is 4.90 Å². The van der Waals surface area contributed by atoms with Gasteiger partial charge in [0.15, 0.2) is 0 Å². The van der Waals surface area contributed by atoms with Gasteiger partial charge in [-0.25, -0.2) is 9.78 Å². The molecular weight excluding hydrogens is 342 g/mol. The minimum absolute atomic E-state index is 0.0175. The smallest absolute Gasteiger partial charge is 0.314 e. The van der Waals surface area contributed by atoms with Crippen molar-refractivity contribution in [2.24, 2.45) is 11.7 Å². The van der Waals surface area contributed by atoms with Crippen molar-refractivity contribution in [3.8, 4) is 0 Å². The molecule has 0 radical (unpaired) electrons. The summed E-state index contributed by atoms with van der Waals surface area (Å²) >= 11 is 0. The van der Waals surface area contributed by atoms with Crippen molar-refractivity contribution in [3.63, 3.8) is 0 Å². The van der Waals surface area contributed by atoms with E-state index in [0.717, 1.165) is 24.2 Å². The third kappa shape index (κ3) is 4.90. The third-order valence-electron chi connectivity index (χ3n) is 5.88. The van der Waals surface area contributed by atoms with Crippen LogP contribution in [0, 0.1) is 5.92 Å². The van der Waals surface area contributed by atoms with Crippen LogP contribution in [-0.2, 0) is 11.3 Å². The largest absolute Gasteiger partial charge is 0.356 e. The van der Waals surface area contributed by atoms with Crippen molar-refractivity contribution < 1.29 is 9.59 Å². The number of anilines is 1. The molecule has 3 rings (SSSR count). The van der Waals surface area contributed by atoms with Crippen LogP contribution in [0.4, 0.5) is 10.6 Å². The third-order valence-corrected chi connectivity index (χ3v) is 5.88. The Morgan fingerprint density at radius 1 is 1.26 bits per heavy atom. The van der Waals surface area contributed by atoms with E-state index in [4.69, 9.17) is 5.73 Å². The molecule has 148 valence electrons. The summed E-state index contributed by atoms with van der Waals surface area (Å²) in [5.74, 6) is 0.741. The summed E-state index contributed by atoms with van der Waals surface area (Å²) in [6.45, 7) is 1.49. The molecular formula is C20H31N5O2. The summed E-state index contributed by atoms with van der Waals surface area (Å²) < 4.78 is 0. The Bertz CT molecular complexity index is 660. The van der Waals surface area contributed by atoms with Gasteiger partial charge in [0.2, 0.25) is 5.91 Å². The fourth-order valence-corrected chi connectivity index (χ4v) is 4.25. The van der Waals surface area contributed by atoms with Crippen molar-refractivity contribution in [3.05, 3.63) is 23.9 Å². The maximum Gasteiger partial charge on any atom is 0.314 e. The molecule has 7 heteroatoms. The number of hydrogen-bond donors (Lipinski definition) is 2. The fourth-order valence-electron chi connectivity index (χ4n) is 4.25. The van der Waals surface area contributed by atoms with Crippen molar-refractivity contribution in [1.29, 1.82) is 0 Å². The first kappa shape index (κ1) is 19.5. The molecule has 3 N–H and O–H groups in total. The van der Waals surface area contributed by atoms with Crippen LogP contribution in [0.15, 0.2) is 18.3 Å². The number of carbonyl (C=O) groups is 2. The van der Waals surface area contributed by atoms with Crippen LogP contribution in [0.2, 0.25) is 0 Å². The lowest BCUT2D eigenvalue weighted by Crippen LogP contribution is -2.47. The van der Waals surface area contributed by atoms with Gasteiger partial charge in [-0.1, -0.05) is 25.3 Å². The van der Waals surface area contributed by atoms with Gasteiger partial charge in [-0.05, 0) is 31.7 Å². The molecule has 3 amide bonds. The van der Waals surface area contributed by atoms with E-state index in [1.165, 1.54) is 32.1 Å². The average molecular weight is 374 g/mol. The van der Waals surface area contributed by atoms with Gasteiger partial charge < -0.3 is 20.9 Å². The average Bonchev–Trinajstić information content (AvgIpc) is 2.72. The Hall–Kier alpha value is -2.31. The number of pyridine rings is 1. The van der Waals surface area contributed by atoms with Crippen molar-refractivity contribution in [2.45, 2.75) is 57.5 Å². The van der Waals surface area contributed by atoms with E-state index in [1.807, 2.05) is 18.3 Å². The summed E-state index contributed by atoms with van der Waals surface area (Å²) in [6.07, 6.45) is 9.66. The molecule has 0 unspecified atom stereocenters. The molecule has 1 aliphatic carbocycles. The van der Waals surface area contributed by atoms with E-state index in [9.17, 15) is 9.59 Å². The Morgan fingerprint density at radius 3 is 2.78 bits per heavy atom. The second-order valence-corrected chi connectivity index (χ2v) is 7.73. The summed E-state index contributed by atoms with van der Waals surface area (Å²) in [4.78, 5) is 32.4. The first-order valence-electron chi connectivity index (χ1n) is 10.0. The highest BCUT2D eigenvalue weighted by Crippen LogP contribution is 2.27. The molecule has 1 aromatic heterocycles. The predicted molar refractivity (Wildman–Crippen MR) is 105 cm³/mol. The quantitative estimate of drug-likeness (QED) is 0.828. The molecule has 27 heavy (non-hydrogen) atoms. The Morgan fingerprint density at radius 2 is 2.04 bits per heavy atom. The number of urea groups is 1. The van der Waals surface area contributed by atoms with Gasteiger partial charge in [0.1, 0.15) is 5.82 Å². The molecule has 1 saturated carbocycles. The topological polar surface area (TPSA) is 91.6 Å². The lowest BCUT2D eigenvalue weighted by Gasteiger charge is -2.33. The highest BCUT2D eigenvalue weighted by atomic mass is 16.2. The van der Waals surface area contributed by atoms with Crippen molar-refractivity contribution in [2.75, 3.05) is 25.0 Å². The van der Waals surface area contributed by atoms with E-state index in [-0.39, 0.29) is 11.8 Å². The lowest BCUT2D eigenvalue weighted by atomic mass is 9.94. The molecule has 0 bridgehead atoms. The Balaban J connectivity index is 1.60. The summed E-state index contributed by atoms with van der Waals surface area (Å²) in [6, 6.07) is 4.01. The second kappa shape index (κ2) is 9.06. The van der Waals surface area contributed by atoms with E-state index >= 15 is 0 Å². The van der Waals surface area contributed by atoms with Gasteiger partial charge in [0.05, 0.1) is 5.92 Å². The van der Waals surface area contributed by atoms with Gasteiger partial charge in [-0.2, -0.15) is 0 Å². The number of nitrogens with one attached hydrogen (secondary N) is 1. The normalized spacial score (nSPS) is 20.9. The number of nitrogens with zero attached hydrogens (tertiary/aromatic N) is 3. The van der Waals surface area contributed by atoms with E-state index in [2.05, 4.69) is 22.2 Å². The number of nitrogens with two attached hydrogens (primary N) is 1. The standard InChI is InChI=1S/C20H31N5O2/c1-24(17-9-3-2-4-10-17)18-15(7-5-11-22-18)13-23-19(26)16-8-6-12-25(14-16)20(21)27/h5,7,11,16-17H,2-4,6,8-10,12-14H2,1H3,(H2,21,27)(H,23,26)/t16-/m0/s1. The number of primary amides is 1. The molecule has 0 spiro atoms. The molecule has 1 aromatic rings. The number of piperidine rings is 1. The van der Waals surface area contributed by atoms with Crippen LogP contribution in [0.25, 0.3) is 0 Å². The first-order valence-corrected chi connectivity index (χ1v) is 10.0. The molecule has 1 saturated heterocycles. The second-order valence-electron chi connectivity index (χ2n) is 7.73. The number of rotatable bonds is 5. The lowest BCUT2D eigenvalue weighted by molar-refractivity contribution is -0.126. The van der Waals surface area contributed by atoms with Gasteiger partial charge in [-0.15, -0.1) is 0 Å². The minimum atomic E-state index is -0.448. The zero-order chi connectivity index (χ0) is 19.2. The maximum atomic E-state index is 12.6. The van der Waals surface area contributed by atoms with Crippen LogP contribution in [0.5, 0.6) is 0 Å². The van der Waals surface area contributed by atoms with E-state index in [0.29, 0.717) is 25.7 Å². The molecule has 1 atom stereocenters. The molecule has 1 aliphatic heterocycles. The Kier molecular flexibility index (Phi) is 6.53. The van der Waals surface area contributed by atoms with Crippen LogP contribution in [-0.4, -0.2) is 48.0 Å². The SMILES string of the molecule is CN(c1ncccc1CNC(=O)[C@H]1CCCN(C(N)=O)C1)C1CCCCC1. The van der Waals surface area contributed by atoms with Crippen molar-refractivity contribution in [1.82, 2.24) is 15.2 Å². The molecule has 2 aliphatic rings. The maximum absolute atomic E-state index is 12.6. The zero-order valence-corrected chi connectivity index (χ0v) is 16.2. The van der Waals surface area contributed by atoms with Gasteiger partial charge in [0.25, 0.3) is 0 Å². The highest BCUT2D eigenvalue weighted by Gasteiger charge is 2.27.